The summed E-state index contributed by atoms with van der Waals surface area (Å²) in [5.41, 5.74) is 11.9. The molecule has 2 aromatic heterocycles. The zero-order chi connectivity index (χ0) is 13.6. The highest BCUT2D eigenvalue weighted by Crippen LogP contribution is 2.23. The van der Waals surface area contributed by atoms with E-state index in [1.165, 1.54) is 23.0 Å². The fraction of sp³-hybridized carbons (Fsp3) is 0.214. The molecule has 5 nitrogen and oxygen atoms in total. The number of nitrogens with zero attached hydrogens (tertiary/aromatic N) is 4. The van der Waals surface area contributed by atoms with Crippen molar-refractivity contribution < 1.29 is 0 Å². The minimum absolute atomic E-state index is 0.408. The molecule has 0 aliphatic rings. The zero-order valence-electron chi connectivity index (χ0n) is 11.2. The maximum Gasteiger partial charge on any atom is 0.155 e. The Morgan fingerprint density at radius 1 is 1.05 bits per heavy atom. The Morgan fingerprint density at radius 3 is 2.37 bits per heavy atom. The monoisotopic (exact) mass is 253 g/mol. The molecule has 0 spiro atoms. The first-order valence-corrected chi connectivity index (χ1v) is 6.10. The fourth-order valence-corrected chi connectivity index (χ4v) is 2.50. The number of aryl methyl sites for hydroxylation is 3. The van der Waals surface area contributed by atoms with Crippen molar-refractivity contribution in [3.05, 3.63) is 41.3 Å². The average molecular weight is 253 g/mol. The molecule has 0 amide bonds. The largest absolute Gasteiger partial charge is 0.382 e. The maximum absolute atomic E-state index is 5.82. The van der Waals surface area contributed by atoms with Crippen molar-refractivity contribution in [1.29, 1.82) is 0 Å². The van der Waals surface area contributed by atoms with E-state index in [0.717, 1.165) is 11.2 Å². The number of nitrogens with two attached hydrogens (primary N) is 1. The molecule has 1 aromatic carbocycles. The standard InChI is InChI=1S/C14H15N5/c1-8-4-9(2)13(10(3)5-8)19-6-11-12(18-19)14(15)17-7-16-11/h4-7H,1-3H3,(H2,15,16,17). The summed E-state index contributed by atoms with van der Waals surface area (Å²) in [5, 5.41) is 4.50. The third-order valence-corrected chi connectivity index (χ3v) is 3.20. The summed E-state index contributed by atoms with van der Waals surface area (Å²) in [6.07, 6.45) is 3.34. The number of hydrogen-bond acceptors (Lipinski definition) is 4. The molecule has 96 valence electrons. The normalized spacial score (nSPS) is 11.1. The van der Waals surface area contributed by atoms with Gasteiger partial charge in [-0.3, -0.25) is 0 Å². The zero-order valence-corrected chi connectivity index (χ0v) is 11.2. The van der Waals surface area contributed by atoms with Gasteiger partial charge < -0.3 is 5.73 Å². The summed E-state index contributed by atoms with van der Waals surface area (Å²) in [4.78, 5) is 8.15. The van der Waals surface area contributed by atoms with Crippen molar-refractivity contribution in [3.63, 3.8) is 0 Å². The second kappa shape index (κ2) is 4.05. The number of anilines is 1. The summed E-state index contributed by atoms with van der Waals surface area (Å²) in [5.74, 6) is 0.408. The fourth-order valence-electron chi connectivity index (χ4n) is 2.50. The van der Waals surface area contributed by atoms with Crippen molar-refractivity contribution in [2.75, 3.05) is 5.73 Å². The van der Waals surface area contributed by atoms with Crippen LogP contribution in [-0.4, -0.2) is 19.7 Å². The van der Waals surface area contributed by atoms with Crippen LogP contribution in [0.15, 0.2) is 24.7 Å². The number of fused-ring (bicyclic) bond motifs is 1. The smallest absolute Gasteiger partial charge is 0.155 e. The first-order valence-electron chi connectivity index (χ1n) is 6.10. The first-order chi connectivity index (χ1) is 9.06. The molecule has 0 radical (unpaired) electrons. The Morgan fingerprint density at radius 2 is 1.74 bits per heavy atom. The van der Waals surface area contributed by atoms with Crippen molar-refractivity contribution >= 4 is 16.9 Å². The Bertz CT molecular complexity index is 750. The number of nitrogen functional groups attached to an aromatic ring is 1. The molecule has 0 aliphatic heterocycles. The van der Waals surface area contributed by atoms with Crippen molar-refractivity contribution in [1.82, 2.24) is 19.7 Å². The lowest BCUT2D eigenvalue weighted by atomic mass is 10.1. The van der Waals surface area contributed by atoms with E-state index >= 15 is 0 Å². The van der Waals surface area contributed by atoms with Crippen LogP contribution in [0.25, 0.3) is 16.7 Å². The van der Waals surface area contributed by atoms with Gasteiger partial charge in [-0.15, -0.1) is 0 Å². The molecule has 2 heterocycles. The average Bonchev–Trinajstić information content (AvgIpc) is 2.72. The third-order valence-electron chi connectivity index (χ3n) is 3.20. The minimum atomic E-state index is 0.408. The van der Waals surface area contributed by atoms with E-state index in [2.05, 4.69) is 48.0 Å². The van der Waals surface area contributed by atoms with E-state index in [1.54, 1.807) is 0 Å². The van der Waals surface area contributed by atoms with Crippen molar-refractivity contribution in [3.8, 4) is 5.69 Å². The summed E-state index contributed by atoms with van der Waals surface area (Å²) in [7, 11) is 0. The van der Waals surface area contributed by atoms with Crippen LogP contribution in [0.3, 0.4) is 0 Å². The number of rotatable bonds is 1. The highest BCUT2D eigenvalue weighted by atomic mass is 15.3. The van der Waals surface area contributed by atoms with Crippen LogP contribution in [0.5, 0.6) is 0 Å². The van der Waals surface area contributed by atoms with Gasteiger partial charge in [0.2, 0.25) is 0 Å². The summed E-state index contributed by atoms with van der Waals surface area (Å²) < 4.78 is 1.83. The molecule has 0 unspecified atom stereocenters. The van der Waals surface area contributed by atoms with E-state index < -0.39 is 0 Å². The van der Waals surface area contributed by atoms with Crippen LogP contribution >= 0.6 is 0 Å². The molecule has 0 fully saturated rings. The van der Waals surface area contributed by atoms with Crippen LogP contribution in [0, 0.1) is 20.8 Å². The Kier molecular flexibility index (Phi) is 2.48. The predicted molar refractivity (Wildman–Crippen MR) is 75.3 cm³/mol. The highest BCUT2D eigenvalue weighted by Gasteiger charge is 2.11. The molecule has 0 saturated heterocycles. The van der Waals surface area contributed by atoms with E-state index in [9.17, 15) is 0 Å². The van der Waals surface area contributed by atoms with E-state index in [0.29, 0.717) is 11.3 Å². The maximum atomic E-state index is 5.82. The van der Waals surface area contributed by atoms with Gasteiger partial charge in [-0.05, 0) is 31.9 Å². The topological polar surface area (TPSA) is 69.6 Å². The summed E-state index contributed by atoms with van der Waals surface area (Å²) in [6, 6.07) is 4.29. The van der Waals surface area contributed by atoms with Gasteiger partial charge in [0, 0.05) is 0 Å². The van der Waals surface area contributed by atoms with Crippen LogP contribution in [0.4, 0.5) is 5.82 Å². The van der Waals surface area contributed by atoms with Gasteiger partial charge in [-0.2, -0.15) is 5.10 Å². The van der Waals surface area contributed by atoms with E-state index in [-0.39, 0.29) is 0 Å². The first kappa shape index (κ1) is 11.6. The van der Waals surface area contributed by atoms with Gasteiger partial charge in [0.25, 0.3) is 0 Å². The molecule has 0 bridgehead atoms. The summed E-state index contributed by atoms with van der Waals surface area (Å²) >= 11 is 0. The van der Waals surface area contributed by atoms with Gasteiger partial charge in [-0.1, -0.05) is 17.7 Å². The van der Waals surface area contributed by atoms with Gasteiger partial charge in [0.15, 0.2) is 11.3 Å². The van der Waals surface area contributed by atoms with Crippen LogP contribution in [-0.2, 0) is 0 Å². The quantitative estimate of drug-likeness (QED) is 0.722. The van der Waals surface area contributed by atoms with E-state index in [1.807, 2.05) is 10.9 Å². The SMILES string of the molecule is Cc1cc(C)c(-n2cc3ncnc(N)c3n2)c(C)c1. The van der Waals surface area contributed by atoms with Crippen molar-refractivity contribution in [2.24, 2.45) is 0 Å². The van der Waals surface area contributed by atoms with Crippen LogP contribution < -0.4 is 5.73 Å². The number of benzene rings is 1. The lowest BCUT2D eigenvalue weighted by molar-refractivity contribution is 0.878. The molecule has 3 rings (SSSR count). The molecule has 19 heavy (non-hydrogen) atoms. The van der Waals surface area contributed by atoms with Crippen LogP contribution in [0.1, 0.15) is 16.7 Å². The van der Waals surface area contributed by atoms with Gasteiger partial charge >= 0.3 is 0 Å². The molecule has 0 saturated carbocycles. The molecule has 5 heteroatoms. The second-order valence-electron chi connectivity index (χ2n) is 4.81. The minimum Gasteiger partial charge on any atom is -0.382 e. The lowest BCUT2D eigenvalue weighted by Gasteiger charge is -2.10. The lowest BCUT2D eigenvalue weighted by Crippen LogP contribution is -2.01. The van der Waals surface area contributed by atoms with Gasteiger partial charge in [0.1, 0.15) is 11.8 Å². The van der Waals surface area contributed by atoms with Crippen molar-refractivity contribution in [2.45, 2.75) is 20.8 Å². The van der Waals surface area contributed by atoms with Gasteiger partial charge in [-0.25, -0.2) is 14.6 Å². The highest BCUT2D eigenvalue weighted by molar-refractivity contribution is 5.83. The Labute approximate surface area is 111 Å². The molecular weight excluding hydrogens is 238 g/mol. The van der Waals surface area contributed by atoms with Gasteiger partial charge in [0.05, 0.1) is 11.9 Å². The molecule has 3 aromatic rings. The number of aromatic nitrogens is 4. The second-order valence-corrected chi connectivity index (χ2v) is 4.81. The number of hydrogen-bond donors (Lipinski definition) is 1. The van der Waals surface area contributed by atoms with Crippen LogP contribution in [0.2, 0.25) is 0 Å². The molecule has 0 atom stereocenters. The Balaban J connectivity index is 2.28. The predicted octanol–water partition coefficient (Wildman–Crippen LogP) is 2.32. The van der Waals surface area contributed by atoms with E-state index in [4.69, 9.17) is 5.73 Å². The Hall–Kier alpha value is -2.43. The molecule has 0 aliphatic carbocycles. The third kappa shape index (κ3) is 1.83. The molecule has 2 N–H and O–H groups in total. The summed E-state index contributed by atoms with van der Waals surface area (Å²) in [6.45, 7) is 6.25. The molecular formula is C14H15N5.